The molecule has 6 atom stereocenters. The molecule has 2 amide bonds. The molecule has 7 N–H and O–H groups in total. The second-order valence-corrected chi connectivity index (χ2v) is 12.0. The fourth-order valence-electron chi connectivity index (χ4n) is 4.41. The summed E-state index contributed by atoms with van der Waals surface area (Å²) < 4.78 is 40.9. The number of nitrogens with one attached hydrogen (secondary N) is 2. The van der Waals surface area contributed by atoms with Gasteiger partial charge in [-0.3, -0.25) is 9.59 Å². The molecule has 1 heterocycles. The number of benzene rings is 2. The molecule has 0 saturated carbocycles. The lowest BCUT2D eigenvalue weighted by Gasteiger charge is -2.38. The monoisotopic (exact) mass is 640 g/mol. The van der Waals surface area contributed by atoms with Crippen molar-refractivity contribution in [3.05, 3.63) is 53.1 Å². The standard InChI is InChI=1S/C27H32N2O14S/c1-4-41-18-10-13(8-9-17(18)42-27-22(33)20(31)21(32)23(43-27)26(37)38)16(11-44(3,39)40)29-24(34)14-6-5-7-15(28-12(2)30)19(14)25(35)36/h5-10,16,20-23,27,31-33H,4,11H2,1-3H3,(H,28,30)(H,29,34)(H,35,36)(H,37,38)/t16-,20+,21+,22-,23+,27-/m1/s1. The van der Waals surface area contributed by atoms with Gasteiger partial charge in [-0.2, -0.15) is 0 Å². The van der Waals surface area contributed by atoms with Crippen LogP contribution in [-0.4, -0.2) is 107 Å². The van der Waals surface area contributed by atoms with E-state index in [0.717, 1.165) is 13.2 Å². The average Bonchev–Trinajstić information content (AvgIpc) is 2.92. The first-order valence-corrected chi connectivity index (χ1v) is 15.1. The lowest BCUT2D eigenvalue weighted by atomic mass is 9.99. The van der Waals surface area contributed by atoms with Crippen molar-refractivity contribution < 1.29 is 67.3 Å². The Kier molecular flexibility index (Phi) is 10.9. The van der Waals surface area contributed by atoms with Gasteiger partial charge in [0.2, 0.25) is 12.2 Å². The first-order valence-electron chi connectivity index (χ1n) is 13.0. The highest BCUT2D eigenvalue weighted by Crippen LogP contribution is 2.34. The number of hydrogen-bond acceptors (Lipinski definition) is 12. The van der Waals surface area contributed by atoms with Gasteiger partial charge in [0.1, 0.15) is 28.1 Å². The Morgan fingerprint density at radius 3 is 2.25 bits per heavy atom. The number of hydrogen-bond donors (Lipinski definition) is 7. The van der Waals surface area contributed by atoms with Crippen LogP contribution in [0.15, 0.2) is 36.4 Å². The number of aliphatic carboxylic acids is 1. The summed E-state index contributed by atoms with van der Waals surface area (Å²) in [6, 6.07) is 6.44. The maximum absolute atomic E-state index is 13.3. The van der Waals surface area contributed by atoms with Crippen LogP contribution in [0.25, 0.3) is 0 Å². The highest BCUT2D eigenvalue weighted by atomic mass is 32.2. The second-order valence-electron chi connectivity index (χ2n) is 9.83. The Hall–Kier alpha value is -4.29. The molecule has 16 nitrogen and oxygen atoms in total. The molecule has 0 radical (unpaired) electrons. The van der Waals surface area contributed by atoms with Gasteiger partial charge in [0.25, 0.3) is 5.91 Å². The molecule has 0 aliphatic carbocycles. The molecule has 1 fully saturated rings. The van der Waals surface area contributed by atoms with E-state index in [2.05, 4.69) is 10.6 Å². The zero-order valence-corrected chi connectivity index (χ0v) is 24.5. The van der Waals surface area contributed by atoms with E-state index in [-0.39, 0.29) is 34.9 Å². The van der Waals surface area contributed by atoms with Gasteiger partial charge in [0.05, 0.1) is 35.2 Å². The summed E-state index contributed by atoms with van der Waals surface area (Å²) in [6.07, 6.45) is -8.52. The summed E-state index contributed by atoms with van der Waals surface area (Å²) in [5, 5.41) is 54.2. The third-order valence-corrected chi connectivity index (χ3v) is 7.27. The number of carboxylic acids is 2. The molecule has 0 bridgehead atoms. The van der Waals surface area contributed by atoms with Gasteiger partial charge >= 0.3 is 11.9 Å². The molecule has 1 aliphatic heterocycles. The summed E-state index contributed by atoms with van der Waals surface area (Å²) >= 11 is 0. The fraction of sp³-hybridized carbons (Fsp3) is 0.407. The summed E-state index contributed by atoms with van der Waals surface area (Å²) in [5.41, 5.74) is -0.856. The lowest BCUT2D eigenvalue weighted by Crippen LogP contribution is -2.61. The highest BCUT2D eigenvalue weighted by Gasteiger charge is 2.48. The Bertz CT molecular complexity index is 1530. The number of carbonyl (C=O) groups is 4. The quantitative estimate of drug-likeness (QED) is 0.155. The Balaban J connectivity index is 1.99. The van der Waals surface area contributed by atoms with E-state index in [0.29, 0.717) is 0 Å². The fourth-order valence-corrected chi connectivity index (χ4v) is 5.29. The number of aliphatic hydroxyl groups is 3. The predicted octanol–water partition coefficient (Wildman–Crippen LogP) is -0.471. The minimum atomic E-state index is -3.76. The lowest BCUT2D eigenvalue weighted by molar-refractivity contribution is -0.271. The molecule has 3 rings (SSSR count). The number of rotatable bonds is 12. The molecule has 2 aromatic carbocycles. The van der Waals surface area contributed by atoms with Crippen LogP contribution < -0.4 is 20.1 Å². The number of sulfone groups is 1. The Labute approximate surface area is 251 Å². The van der Waals surface area contributed by atoms with Crippen LogP contribution >= 0.6 is 0 Å². The van der Waals surface area contributed by atoms with E-state index in [1.54, 1.807) is 6.92 Å². The number of aliphatic hydroxyl groups excluding tert-OH is 3. The summed E-state index contributed by atoms with van der Waals surface area (Å²) in [4.78, 5) is 48.3. The van der Waals surface area contributed by atoms with E-state index in [4.69, 9.17) is 14.2 Å². The second kappa shape index (κ2) is 14.0. The topological polar surface area (TPSA) is 255 Å². The van der Waals surface area contributed by atoms with E-state index in [9.17, 15) is 53.1 Å². The van der Waals surface area contributed by atoms with Crippen LogP contribution in [-0.2, 0) is 24.2 Å². The van der Waals surface area contributed by atoms with Crippen LogP contribution in [0.2, 0.25) is 0 Å². The molecule has 2 aromatic rings. The van der Waals surface area contributed by atoms with Gasteiger partial charge < -0.3 is 50.4 Å². The smallest absolute Gasteiger partial charge is 0.338 e. The van der Waals surface area contributed by atoms with Crippen LogP contribution in [0, 0.1) is 0 Å². The number of aromatic carboxylic acids is 1. The van der Waals surface area contributed by atoms with E-state index in [1.165, 1.54) is 36.4 Å². The molecule has 44 heavy (non-hydrogen) atoms. The van der Waals surface area contributed by atoms with Gasteiger partial charge in [-0.15, -0.1) is 0 Å². The van der Waals surface area contributed by atoms with E-state index >= 15 is 0 Å². The molecule has 240 valence electrons. The summed E-state index contributed by atoms with van der Waals surface area (Å²) in [7, 11) is -3.76. The zero-order valence-electron chi connectivity index (χ0n) is 23.7. The molecule has 17 heteroatoms. The van der Waals surface area contributed by atoms with Crippen molar-refractivity contribution in [2.45, 2.75) is 50.6 Å². The largest absolute Gasteiger partial charge is 0.490 e. The summed E-state index contributed by atoms with van der Waals surface area (Å²) in [6.45, 7) is 2.81. The van der Waals surface area contributed by atoms with Crippen molar-refractivity contribution in [3.8, 4) is 11.5 Å². The normalized spacial score (nSPS) is 22.4. The molecule has 0 spiro atoms. The highest BCUT2D eigenvalue weighted by molar-refractivity contribution is 7.90. The first-order chi connectivity index (χ1) is 20.5. The van der Waals surface area contributed by atoms with Gasteiger partial charge in [-0.1, -0.05) is 12.1 Å². The van der Waals surface area contributed by atoms with Crippen molar-refractivity contribution in [1.29, 1.82) is 0 Å². The van der Waals surface area contributed by atoms with Crippen molar-refractivity contribution in [2.75, 3.05) is 23.9 Å². The number of amides is 2. The molecule has 1 saturated heterocycles. The number of carboxylic acid groups (broad SMARTS) is 2. The number of ether oxygens (including phenoxy) is 3. The Morgan fingerprint density at radius 1 is 1.00 bits per heavy atom. The third kappa shape index (κ3) is 8.20. The molecular formula is C27H32N2O14S. The zero-order chi connectivity index (χ0) is 32.9. The minimum Gasteiger partial charge on any atom is -0.490 e. The van der Waals surface area contributed by atoms with Crippen molar-refractivity contribution >= 4 is 39.3 Å². The van der Waals surface area contributed by atoms with Crippen molar-refractivity contribution in [1.82, 2.24) is 5.32 Å². The minimum absolute atomic E-state index is 0.0496. The van der Waals surface area contributed by atoms with Gasteiger partial charge in [0.15, 0.2) is 17.6 Å². The van der Waals surface area contributed by atoms with Gasteiger partial charge in [-0.25, -0.2) is 18.0 Å². The predicted molar refractivity (Wildman–Crippen MR) is 150 cm³/mol. The van der Waals surface area contributed by atoms with Crippen LogP contribution in [0.3, 0.4) is 0 Å². The van der Waals surface area contributed by atoms with E-state index in [1.807, 2.05) is 0 Å². The maximum atomic E-state index is 13.3. The number of anilines is 1. The SMILES string of the molecule is CCOc1cc([C@@H](CS(C)(=O)=O)NC(=O)c2cccc(NC(C)=O)c2C(=O)O)ccc1O[C@@H]1O[C@H](C(=O)O)[C@@H](O)[C@H](O)[C@H]1O. The van der Waals surface area contributed by atoms with Crippen molar-refractivity contribution in [3.63, 3.8) is 0 Å². The Morgan fingerprint density at radius 2 is 1.68 bits per heavy atom. The molecule has 0 unspecified atom stereocenters. The number of carbonyl (C=O) groups excluding carboxylic acids is 2. The molecule has 1 aliphatic rings. The third-order valence-electron chi connectivity index (χ3n) is 6.33. The first kappa shape index (κ1) is 34.2. The van der Waals surface area contributed by atoms with Gasteiger partial charge in [0, 0.05) is 13.2 Å². The van der Waals surface area contributed by atoms with Crippen LogP contribution in [0.1, 0.15) is 46.2 Å². The summed E-state index contributed by atoms with van der Waals surface area (Å²) in [5.74, 6) is -5.51. The van der Waals surface area contributed by atoms with Gasteiger partial charge in [-0.05, 0) is 36.8 Å². The maximum Gasteiger partial charge on any atom is 0.338 e. The van der Waals surface area contributed by atoms with E-state index < -0.39 is 81.7 Å². The molecule has 0 aromatic heterocycles. The van der Waals surface area contributed by atoms with Crippen LogP contribution in [0.4, 0.5) is 5.69 Å². The average molecular weight is 641 g/mol. The molecular weight excluding hydrogens is 608 g/mol. The van der Waals surface area contributed by atoms with Crippen LogP contribution in [0.5, 0.6) is 11.5 Å². The van der Waals surface area contributed by atoms with Crippen molar-refractivity contribution in [2.24, 2.45) is 0 Å².